The van der Waals surface area contributed by atoms with Gasteiger partial charge in [-0.2, -0.15) is 0 Å². The first kappa shape index (κ1) is 18.9. The van der Waals surface area contributed by atoms with E-state index in [2.05, 4.69) is 5.32 Å². The maximum absolute atomic E-state index is 13.0. The molecule has 0 saturated carbocycles. The second-order valence-electron chi connectivity index (χ2n) is 5.72. The first-order chi connectivity index (χ1) is 11.7. The fourth-order valence-corrected chi connectivity index (χ4v) is 3.48. The molecule has 0 spiro atoms. The highest BCUT2D eigenvalue weighted by molar-refractivity contribution is 7.92. The summed E-state index contributed by atoms with van der Waals surface area (Å²) in [6.07, 6.45) is 1.14. The quantitative estimate of drug-likeness (QED) is 0.856. The molecule has 0 saturated heterocycles. The molecule has 2 aromatic rings. The Balaban J connectivity index is 2.11. The second kappa shape index (κ2) is 7.65. The van der Waals surface area contributed by atoms with Gasteiger partial charge < -0.3 is 5.32 Å². The summed E-state index contributed by atoms with van der Waals surface area (Å²) in [7, 11) is -3.36. The third kappa shape index (κ3) is 4.79. The van der Waals surface area contributed by atoms with Crippen molar-refractivity contribution in [3.8, 4) is 0 Å². The minimum atomic E-state index is -3.36. The third-order valence-corrected chi connectivity index (χ3v) is 5.09. The number of nitrogens with zero attached hydrogens (tertiary/aromatic N) is 1. The summed E-state index contributed by atoms with van der Waals surface area (Å²) in [6, 6.07) is 12.0. The Kier molecular flexibility index (Phi) is 5.79. The van der Waals surface area contributed by atoms with Crippen LogP contribution >= 0.6 is 0 Å². The molecule has 5 nitrogen and oxygen atoms in total. The van der Waals surface area contributed by atoms with Crippen LogP contribution in [0.1, 0.15) is 35.8 Å². The first-order valence-corrected chi connectivity index (χ1v) is 9.71. The SMILES string of the molecule is CCN(c1ccc(C(=O)N[C@H](C)c2ccc(F)cc2)cc1)S(C)(=O)=O. The Morgan fingerprint density at radius 1 is 1.12 bits per heavy atom. The van der Waals surface area contributed by atoms with E-state index in [1.54, 1.807) is 43.3 Å². The van der Waals surface area contributed by atoms with Crippen molar-refractivity contribution in [2.45, 2.75) is 19.9 Å². The zero-order valence-electron chi connectivity index (χ0n) is 14.4. The van der Waals surface area contributed by atoms with Crippen molar-refractivity contribution in [3.05, 3.63) is 65.5 Å². The molecule has 0 bridgehead atoms. The molecule has 0 fully saturated rings. The normalized spacial score (nSPS) is 12.5. The lowest BCUT2D eigenvalue weighted by atomic mass is 10.1. The van der Waals surface area contributed by atoms with E-state index in [0.29, 0.717) is 17.8 Å². The first-order valence-electron chi connectivity index (χ1n) is 7.86. The maximum atomic E-state index is 13.0. The van der Waals surface area contributed by atoms with E-state index in [4.69, 9.17) is 0 Å². The van der Waals surface area contributed by atoms with Crippen LogP contribution in [0, 0.1) is 5.82 Å². The van der Waals surface area contributed by atoms with Crippen LogP contribution in [0.25, 0.3) is 0 Å². The molecule has 0 unspecified atom stereocenters. The number of nitrogens with one attached hydrogen (secondary N) is 1. The van der Waals surface area contributed by atoms with E-state index in [9.17, 15) is 17.6 Å². The fourth-order valence-electron chi connectivity index (χ4n) is 2.50. The van der Waals surface area contributed by atoms with Gasteiger partial charge in [0.2, 0.25) is 10.0 Å². The highest BCUT2D eigenvalue weighted by atomic mass is 32.2. The highest BCUT2D eigenvalue weighted by Gasteiger charge is 2.16. The van der Waals surface area contributed by atoms with Gasteiger partial charge in [-0.15, -0.1) is 0 Å². The lowest BCUT2D eigenvalue weighted by Gasteiger charge is -2.20. The molecule has 1 N–H and O–H groups in total. The lowest BCUT2D eigenvalue weighted by Crippen LogP contribution is -2.29. The Hall–Kier alpha value is -2.41. The van der Waals surface area contributed by atoms with Gasteiger partial charge in [0, 0.05) is 12.1 Å². The predicted molar refractivity (Wildman–Crippen MR) is 96.6 cm³/mol. The Bertz CT molecular complexity index is 834. The van der Waals surface area contributed by atoms with Crippen LogP contribution in [-0.2, 0) is 10.0 Å². The van der Waals surface area contributed by atoms with E-state index in [0.717, 1.165) is 11.8 Å². The zero-order valence-corrected chi connectivity index (χ0v) is 15.2. The fraction of sp³-hybridized carbons (Fsp3) is 0.278. The molecule has 0 radical (unpaired) electrons. The number of carbonyl (C=O) groups is 1. The van der Waals surface area contributed by atoms with Crippen LogP contribution < -0.4 is 9.62 Å². The molecular weight excluding hydrogens is 343 g/mol. The molecule has 0 heterocycles. The number of amides is 1. The zero-order chi connectivity index (χ0) is 18.6. The van der Waals surface area contributed by atoms with E-state index in [1.165, 1.54) is 16.4 Å². The van der Waals surface area contributed by atoms with Gasteiger partial charge in [0.15, 0.2) is 0 Å². The van der Waals surface area contributed by atoms with Gasteiger partial charge in [-0.3, -0.25) is 9.10 Å². The number of halogens is 1. The number of hydrogen-bond acceptors (Lipinski definition) is 3. The number of anilines is 1. The maximum Gasteiger partial charge on any atom is 0.251 e. The molecule has 25 heavy (non-hydrogen) atoms. The van der Waals surface area contributed by atoms with Crippen LogP contribution in [0.2, 0.25) is 0 Å². The topological polar surface area (TPSA) is 66.5 Å². The molecule has 0 aliphatic carbocycles. The summed E-state index contributed by atoms with van der Waals surface area (Å²) in [4.78, 5) is 12.3. The Labute approximate surface area is 147 Å². The van der Waals surface area contributed by atoms with E-state index >= 15 is 0 Å². The Morgan fingerprint density at radius 2 is 1.68 bits per heavy atom. The van der Waals surface area contributed by atoms with Gasteiger partial charge in [0.25, 0.3) is 5.91 Å². The predicted octanol–water partition coefficient (Wildman–Crippen LogP) is 3.10. The largest absolute Gasteiger partial charge is 0.346 e. The molecule has 1 amide bonds. The van der Waals surface area contributed by atoms with Crippen molar-refractivity contribution >= 4 is 21.6 Å². The third-order valence-electron chi connectivity index (χ3n) is 3.82. The van der Waals surface area contributed by atoms with Crippen molar-refractivity contribution in [3.63, 3.8) is 0 Å². The van der Waals surface area contributed by atoms with Crippen LogP contribution in [0.5, 0.6) is 0 Å². The van der Waals surface area contributed by atoms with Gasteiger partial charge >= 0.3 is 0 Å². The lowest BCUT2D eigenvalue weighted by molar-refractivity contribution is 0.0940. The highest BCUT2D eigenvalue weighted by Crippen LogP contribution is 2.19. The summed E-state index contributed by atoms with van der Waals surface area (Å²) < 4.78 is 37.7. The summed E-state index contributed by atoms with van der Waals surface area (Å²) >= 11 is 0. The van der Waals surface area contributed by atoms with Gasteiger partial charge in [-0.1, -0.05) is 12.1 Å². The standard InChI is InChI=1S/C18H21FN2O3S/c1-4-21(25(3,23)24)17-11-7-15(8-12-17)18(22)20-13(2)14-5-9-16(19)10-6-14/h5-13H,4H2,1-3H3,(H,20,22)/t13-/m1/s1. The van der Waals surface area contributed by atoms with Gasteiger partial charge in [-0.05, 0) is 55.8 Å². The second-order valence-corrected chi connectivity index (χ2v) is 7.63. The van der Waals surface area contributed by atoms with Crippen LogP contribution in [-0.4, -0.2) is 27.1 Å². The monoisotopic (exact) mass is 364 g/mol. The van der Waals surface area contributed by atoms with E-state index < -0.39 is 10.0 Å². The number of hydrogen-bond donors (Lipinski definition) is 1. The smallest absolute Gasteiger partial charge is 0.251 e. The van der Waals surface area contributed by atoms with Crippen molar-refractivity contribution in [2.75, 3.05) is 17.1 Å². The molecule has 134 valence electrons. The molecule has 1 atom stereocenters. The summed E-state index contributed by atoms with van der Waals surface area (Å²) in [5, 5.41) is 2.83. The van der Waals surface area contributed by atoms with E-state index in [-0.39, 0.29) is 17.8 Å². The summed E-state index contributed by atoms with van der Waals surface area (Å²) in [5.41, 5.74) is 1.72. The number of benzene rings is 2. The average Bonchev–Trinajstić information content (AvgIpc) is 2.55. The van der Waals surface area contributed by atoms with Crippen LogP contribution in [0.3, 0.4) is 0 Å². The molecule has 2 rings (SSSR count). The minimum Gasteiger partial charge on any atom is -0.346 e. The average molecular weight is 364 g/mol. The molecular formula is C18H21FN2O3S. The van der Waals surface area contributed by atoms with Gasteiger partial charge in [0.1, 0.15) is 5.82 Å². The van der Waals surface area contributed by atoms with Crippen LogP contribution in [0.15, 0.2) is 48.5 Å². The van der Waals surface area contributed by atoms with Gasteiger partial charge in [-0.25, -0.2) is 12.8 Å². The number of rotatable bonds is 6. The minimum absolute atomic E-state index is 0.282. The molecule has 0 aromatic heterocycles. The van der Waals surface area contributed by atoms with Crippen molar-refractivity contribution in [1.82, 2.24) is 5.32 Å². The summed E-state index contributed by atoms with van der Waals surface area (Å²) in [6.45, 7) is 3.86. The van der Waals surface area contributed by atoms with Crippen molar-refractivity contribution in [1.29, 1.82) is 0 Å². The van der Waals surface area contributed by atoms with Crippen molar-refractivity contribution < 1.29 is 17.6 Å². The van der Waals surface area contributed by atoms with Crippen LogP contribution in [0.4, 0.5) is 10.1 Å². The molecule has 0 aliphatic rings. The molecule has 2 aromatic carbocycles. The van der Waals surface area contributed by atoms with E-state index in [1.807, 2.05) is 6.92 Å². The summed E-state index contributed by atoms with van der Waals surface area (Å²) in [5.74, 6) is -0.616. The molecule has 7 heteroatoms. The van der Waals surface area contributed by atoms with Gasteiger partial charge in [0.05, 0.1) is 18.0 Å². The van der Waals surface area contributed by atoms with Crippen molar-refractivity contribution in [2.24, 2.45) is 0 Å². The molecule has 0 aliphatic heterocycles. The number of sulfonamides is 1. The Morgan fingerprint density at radius 3 is 2.16 bits per heavy atom. The number of carbonyl (C=O) groups excluding carboxylic acids is 1.